The molecule has 0 fully saturated rings. The van der Waals surface area contributed by atoms with E-state index in [4.69, 9.17) is 4.98 Å². The van der Waals surface area contributed by atoms with Crippen LogP contribution in [0.15, 0.2) is 15.9 Å². The molecule has 0 saturated carbocycles. The summed E-state index contributed by atoms with van der Waals surface area (Å²) in [6.07, 6.45) is 0.967. The molecule has 2 aromatic heterocycles. The fourth-order valence-corrected chi connectivity index (χ4v) is 3.99. The lowest BCUT2D eigenvalue weighted by Gasteiger charge is -2.13. The second-order valence-electron chi connectivity index (χ2n) is 4.88. The summed E-state index contributed by atoms with van der Waals surface area (Å²) in [7, 11) is 0. The van der Waals surface area contributed by atoms with Crippen molar-refractivity contribution in [1.29, 1.82) is 0 Å². The van der Waals surface area contributed by atoms with E-state index in [9.17, 15) is 0 Å². The van der Waals surface area contributed by atoms with Crippen LogP contribution >= 0.6 is 49.9 Å². The largest absolute Gasteiger partial charge is 0.369 e. The van der Waals surface area contributed by atoms with Crippen LogP contribution in [-0.2, 0) is 6.42 Å². The first-order chi connectivity index (χ1) is 9.52. The highest BCUT2D eigenvalue weighted by atomic mass is 127. The predicted octanol–water partition coefficient (Wildman–Crippen LogP) is 5.20. The van der Waals surface area contributed by atoms with Gasteiger partial charge >= 0.3 is 0 Å². The van der Waals surface area contributed by atoms with Gasteiger partial charge in [0.2, 0.25) is 0 Å². The molecule has 0 amide bonds. The van der Waals surface area contributed by atoms with Crippen molar-refractivity contribution in [3.63, 3.8) is 0 Å². The quantitative estimate of drug-likeness (QED) is 0.616. The Balaban J connectivity index is 2.52. The minimum Gasteiger partial charge on any atom is -0.369 e. The number of nitrogens with zero attached hydrogens (tertiary/aromatic N) is 2. The van der Waals surface area contributed by atoms with Gasteiger partial charge in [-0.15, -0.1) is 11.3 Å². The summed E-state index contributed by atoms with van der Waals surface area (Å²) in [4.78, 5) is 10.6. The van der Waals surface area contributed by atoms with Gasteiger partial charge in [-0.05, 0) is 69.2 Å². The molecule has 6 heteroatoms. The Labute approximate surface area is 145 Å². The van der Waals surface area contributed by atoms with Gasteiger partial charge in [0.1, 0.15) is 5.82 Å². The molecule has 2 heterocycles. The number of hydrogen-bond donors (Lipinski definition) is 1. The topological polar surface area (TPSA) is 37.8 Å². The van der Waals surface area contributed by atoms with Crippen molar-refractivity contribution in [3.05, 3.63) is 25.2 Å². The molecule has 0 aliphatic heterocycles. The third-order valence-electron chi connectivity index (χ3n) is 2.69. The number of halogens is 2. The first kappa shape index (κ1) is 16.2. The summed E-state index contributed by atoms with van der Waals surface area (Å²) in [6, 6.07) is 2.04. The Hall–Kier alpha value is -0.210. The Morgan fingerprint density at radius 2 is 2.15 bits per heavy atom. The Morgan fingerprint density at radius 1 is 1.40 bits per heavy atom. The first-order valence-electron chi connectivity index (χ1n) is 6.56. The smallest absolute Gasteiger partial charge is 0.173 e. The molecule has 0 aliphatic rings. The highest BCUT2D eigenvalue weighted by Crippen LogP contribution is 2.33. The average Bonchev–Trinajstić information content (AvgIpc) is 2.80. The molecule has 1 N–H and O–H groups in total. The van der Waals surface area contributed by atoms with Crippen molar-refractivity contribution in [2.45, 2.75) is 27.2 Å². The molecule has 0 radical (unpaired) electrons. The third-order valence-corrected chi connectivity index (χ3v) is 5.65. The van der Waals surface area contributed by atoms with E-state index >= 15 is 0 Å². The molecule has 2 rings (SSSR count). The van der Waals surface area contributed by atoms with Crippen LogP contribution in [0.3, 0.4) is 0 Å². The normalized spacial score (nSPS) is 11.1. The molecule has 0 unspecified atom stereocenters. The lowest BCUT2D eigenvalue weighted by atomic mass is 10.1. The first-order valence-corrected chi connectivity index (χ1v) is 9.31. The van der Waals surface area contributed by atoms with E-state index in [2.05, 4.69) is 75.0 Å². The SMILES string of the molecule is CCNc1nc(-c2sccc2Br)nc(CC(C)C)c1I. The standard InChI is InChI=1S/C14H17BrIN3S/c1-4-17-13-11(16)10(7-8(2)3)18-14(19-13)12-9(15)5-6-20-12/h5-6,8H,4,7H2,1-3H3,(H,17,18,19). The maximum absolute atomic E-state index is 4.78. The van der Waals surface area contributed by atoms with Gasteiger partial charge in [0, 0.05) is 11.0 Å². The van der Waals surface area contributed by atoms with Crippen LogP contribution in [0.5, 0.6) is 0 Å². The van der Waals surface area contributed by atoms with Gasteiger partial charge in [0.15, 0.2) is 5.82 Å². The summed E-state index contributed by atoms with van der Waals surface area (Å²) < 4.78 is 2.19. The van der Waals surface area contributed by atoms with Crippen LogP contribution in [0, 0.1) is 9.49 Å². The summed E-state index contributed by atoms with van der Waals surface area (Å²) in [6.45, 7) is 7.37. The number of anilines is 1. The van der Waals surface area contributed by atoms with Crippen LogP contribution < -0.4 is 5.32 Å². The van der Waals surface area contributed by atoms with E-state index in [0.29, 0.717) is 5.92 Å². The molecule has 0 aliphatic carbocycles. The Morgan fingerprint density at radius 3 is 2.70 bits per heavy atom. The van der Waals surface area contributed by atoms with E-state index in [0.717, 1.165) is 43.2 Å². The Bertz CT molecular complexity index is 598. The summed E-state index contributed by atoms with van der Waals surface area (Å²) in [5.41, 5.74) is 1.13. The number of nitrogens with one attached hydrogen (secondary N) is 1. The van der Waals surface area contributed by atoms with Crippen molar-refractivity contribution < 1.29 is 0 Å². The van der Waals surface area contributed by atoms with Gasteiger partial charge in [0.25, 0.3) is 0 Å². The molecule has 0 atom stereocenters. The number of thiophene rings is 1. The lowest BCUT2D eigenvalue weighted by Crippen LogP contribution is -2.09. The van der Waals surface area contributed by atoms with Crippen LogP contribution in [0.25, 0.3) is 10.7 Å². The summed E-state index contributed by atoms with van der Waals surface area (Å²) >= 11 is 7.57. The van der Waals surface area contributed by atoms with E-state index < -0.39 is 0 Å². The van der Waals surface area contributed by atoms with Crippen molar-refractivity contribution in [1.82, 2.24) is 9.97 Å². The number of hydrogen-bond acceptors (Lipinski definition) is 4. The van der Waals surface area contributed by atoms with Crippen LogP contribution in [0.4, 0.5) is 5.82 Å². The van der Waals surface area contributed by atoms with Gasteiger partial charge in [-0.1, -0.05) is 13.8 Å². The fraction of sp³-hybridized carbons (Fsp3) is 0.429. The van der Waals surface area contributed by atoms with Gasteiger partial charge in [-0.2, -0.15) is 0 Å². The maximum atomic E-state index is 4.78. The van der Waals surface area contributed by atoms with Gasteiger partial charge in [0.05, 0.1) is 14.1 Å². The zero-order valence-corrected chi connectivity index (χ0v) is 16.3. The van der Waals surface area contributed by atoms with Crippen LogP contribution in [-0.4, -0.2) is 16.5 Å². The second-order valence-corrected chi connectivity index (χ2v) is 7.73. The molecular formula is C14H17BrIN3S. The van der Waals surface area contributed by atoms with E-state index in [1.807, 2.05) is 6.07 Å². The molecule has 0 bridgehead atoms. The molecule has 2 aromatic rings. The van der Waals surface area contributed by atoms with Gasteiger partial charge in [-0.3, -0.25) is 0 Å². The zero-order chi connectivity index (χ0) is 14.7. The second kappa shape index (κ2) is 7.17. The Kier molecular flexibility index (Phi) is 5.80. The van der Waals surface area contributed by atoms with Crippen LogP contribution in [0.2, 0.25) is 0 Å². The molecule has 0 saturated heterocycles. The summed E-state index contributed by atoms with van der Waals surface area (Å²) in [5, 5.41) is 5.39. The van der Waals surface area contributed by atoms with Crippen molar-refractivity contribution in [2.75, 3.05) is 11.9 Å². The lowest BCUT2D eigenvalue weighted by molar-refractivity contribution is 0.632. The van der Waals surface area contributed by atoms with Crippen molar-refractivity contribution >= 4 is 55.7 Å². The average molecular weight is 466 g/mol. The molecule has 0 spiro atoms. The van der Waals surface area contributed by atoms with Crippen LogP contribution in [0.1, 0.15) is 26.5 Å². The maximum Gasteiger partial charge on any atom is 0.173 e. The third kappa shape index (κ3) is 3.71. The van der Waals surface area contributed by atoms with E-state index in [1.165, 1.54) is 0 Å². The fourth-order valence-electron chi connectivity index (χ4n) is 1.85. The van der Waals surface area contributed by atoms with Gasteiger partial charge in [-0.25, -0.2) is 9.97 Å². The summed E-state index contributed by atoms with van der Waals surface area (Å²) in [5.74, 6) is 2.32. The highest BCUT2D eigenvalue weighted by Gasteiger charge is 2.16. The molecule has 3 nitrogen and oxygen atoms in total. The van der Waals surface area contributed by atoms with E-state index in [-0.39, 0.29) is 0 Å². The van der Waals surface area contributed by atoms with Gasteiger partial charge < -0.3 is 5.32 Å². The molecule has 20 heavy (non-hydrogen) atoms. The zero-order valence-electron chi connectivity index (χ0n) is 11.7. The highest BCUT2D eigenvalue weighted by molar-refractivity contribution is 14.1. The number of aromatic nitrogens is 2. The van der Waals surface area contributed by atoms with Crippen molar-refractivity contribution in [3.8, 4) is 10.7 Å². The molecular weight excluding hydrogens is 449 g/mol. The van der Waals surface area contributed by atoms with E-state index in [1.54, 1.807) is 11.3 Å². The number of rotatable bonds is 5. The minimum absolute atomic E-state index is 0.576. The molecule has 108 valence electrons. The minimum atomic E-state index is 0.576. The molecule has 0 aromatic carbocycles. The monoisotopic (exact) mass is 465 g/mol. The predicted molar refractivity (Wildman–Crippen MR) is 98.5 cm³/mol. The van der Waals surface area contributed by atoms with Crippen molar-refractivity contribution in [2.24, 2.45) is 5.92 Å².